The highest BCUT2D eigenvalue weighted by atomic mass is 35.6. The highest BCUT2D eigenvalue weighted by Crippen LogP contribution is 2.28. The Morgan fingerprint density at radius 1 is 1.28 bits per heavy atom. The van der Waals surface area contributed by atoms with Crippen LogP contribution < -0.4 is 5.32 Å². The van der Waals surface area contributed by atoms with Gasteiger partial charge in [-0.05, 0) is 18.2 Å². The number of nitrogens with one attached hydrogen (secondary N) is 1. The molecule has 0 bridgehead atoms. The average Bonchev–Trinajstić information content (AvgIpc) is 2.88. The summed E-state index contributed by atoms with van der Waals surface area (Å²) >= 11 is 16.7. The van der Waals surface area contributed by atoms with Gasteiger partial charge in [-0.1, -0.05) is 61.6 Å². The molecule has 1 heterocycles. The number of nitrogens with zero attached hydrogens (tertiary/aromatic N) is 2. The Balaban J connectivity index is 2.32. The zero-order valence-corrected chi connectivity index (χ0v) is 16.1. The first-order valence-electron chi connectivity index (χ1n) is 7.33. The van der Waals surface area contributed by atoms with Crippen LogP contribution >= 0.6 is 34.8 Å². The van der Waals surface area contributed by atoms with Gasteiger partial charge in [0, 0.05) is 11.5 Å². The highest BCUT2D eigenvalue weighted by Gasteiger charge is 2.24. The van der Waals surface area contributed by atoms with E-state index in [2.05, 4.69) is 10.4 Å². The number of halogens is 4. The van der Waals surface area contributed by atoms with Crippen molar-refractivity contribution in [1.29, 1.82) is 0 Å². The standard InChI is InChI=1S/C16H17Cl3FN3O2/c1-15(2,3)12-8-13(21-14(24)25-9-16(17,18)19)23(22-12)11-6-4-5-10(20)7-11/h4-8H,9H2,1-3H3,(H,21,24). The second-order valence-electron chi connectivity index (χ2n) is 6.37. The predicted molar refractivity (Wildman–Crippen MR) is 97.5 cm³/mol. The number of rotatable bonds is 3. The molecule has 0 unspecified atom stereocenters. The van der Waals surface area contributed by atoms with E-state index in [1.165, 1.54) is 16.8 Å². The quantitative estimate of drug-likeness (QED) is 0.708. The maximum absolute atomic E-state index is 13.5. The molecule has 1 amide bonds. The molecule has 0 radical (unpaired) electrons. The molecule has 25 heavy (non-hydrogen) atoms. The number of benzene rings is 1. The minimum atomic E-state index is -1.71. The molecule has 0 aliphatic rings. The van der Waals surface area contributed by atoms with Crippen LogP contribution in [0.25, 0.3) is 5.69 Å². The van der Waals surface area contributed by atoms with E-state index in [0.29, 0.717) is 17.2 Å². The average molecular weight is 409 g/mol. The Morgan fingerprint density at radius 2 is 1.96 bits per heavy atom. The molecule has 2 aromatic rings. The summed E-state index contributed by atoms with van der Waals surface area (Å²) in [6, 6.07) is 7.52. The minimum absolute atomic E-state index is 0.281. The van der Waals surface area contributed by atoms with Crippen molar-refractivity contribution >= 4 is 46.7 Å². The van der Waals surface area contributed by atoms with Crippen LogP contribution in [0.15, 0.2) is 30.3 Å². The second kappa shape index (κ2) is 7.40. The summed E-state index contributed by atoms with van der Waals surface area (Å²) in [4.78, 5) is 11.9. The van der Waals surface area contributed by atoms with Gasteiger partial charge in [-0.25, -0.2) is 13.9 Å². The van der Waals surface area contributed by atoms with Crippen molar-refractivity contribution in [2.24, 2.45) is 0 Å². The van der Waals surface area contributed by atoms with Crippen molar-refractivity contribution in [3.05, 3.63) is 41.8 Å². The van der Waals surface area contributed by atoms with Crippen molar-refractivity contribution in [2.75, 3.05) is 11.9 Å². The third kappa shape index (κ3) is 5.76. The number of hydrogen-bond acceptors (Lipinski definition) is 3. The van der Waals surface area contributed by atoms with Crippen molar-refractivity contribution in [2.45, 2.75) is 30.0 Å². The van der Waals surface area contributed by atoms with E-state index < -0.39 is 22.3 Å². The van der Waals surface area contributed by atoms with Gasteiger partial charge in [-0.15, -0.1) is 0 Å². The van der Waals surface area contributed by atoms with Crippen LogP contribution in [0.3, 0.4) is 0 Å². The molecule has 1 aromatic heterocycles. The van der Waals surface area contributed by atoms with Gasteiger partial charge < -0.3 is 4.74 Å². The molecule has 9 heteroatoms. The molecule has 136 valence electrons. The van der Waals surface area contributed by atoms with E-state index in [0.717, 1.165) is 0 Å². The van der Waals surface area contributed by atoms with E-state index in [9.17, 15) is 9.18 Å². The summed E-state index contributed by atoms with van der Waals surface area (Å²) < 4.78 is 18.1. The minimum Gasteiger partial charge on any atom is -0.445 e. The molecular weight excluding hydrogens is 392 g/mol. The monoisotopic (exact) mass is 407 g/mol. The van der Waals surface area contributed by atoms with Gasteiger partial charge in [0.15, 0.2) is 0 Å². The van der Waals surface area contributed by atoms with Gasteiger partial charge in [0.2, 0.25) is 3.79 Å². The fraction of sp³-hybridized carbons (Fsp3) is 0.375. The summed E-state index contributed by atoms with van der Waals surface area (Å²) in [6.45, 7) is 5.49. The maximum Gasteiger partial charge on any atom is 0.412 e. The molecule has 0 aliphatic carbocycles. The number of anilines is 1. The van der Waals surface area contributed by atoms with Crippen LogP contribution in [0.1, 0.15) is 26.5 Å². The van der Waals surface area contributed by atoms with Crippen LogP contribution in [-0.4, -0.2) is 26.3 Å². The molecule has 0 saturated carbocycles. The summed E-state index contributed by atoms with van der Waals surface area (Å²) in [5.41, 5.74) is 0.872. The fourth-order valence-corrected chi connectivity index (χ4v) is 2.09. The lowest BCUT2D eigenvalue weighted by Crippen LogP contribution is -2.22. The van der Waals surface area contributed by atoms with Crippen molar-refractivity contribution in [3.8, 4) is 5.69 Å². The van der Waals surface area contributed by atoms with Crippen LogP contribution in [0.4, 0.5) is 15.0 Å². The summed E-state index contributed by atoms with van der Waals surface area (Å²) in [6.07, 6.45) is -0.815. The normalized spacial score (nSPS) is 12.1. The third-order valence-corrected chi connectivity index (χ3v) is 3.45. The molecule has 0 aliphatic heterocycles. The zero-order chi connectivity index (χ0) is 18.8. The zero-order valence-electron chi connectivity index (χ0n) is 13.8. The van der Waals surface area contributed by atoms with Gasteiger partial charge in [0.25, 0.3) is 0 Å². The summed E-state index contributed by atoms with van der Waals surface area (Å²) in [5, 5.41) is 6.99. The number of ether oxygens (including phenoxy) is 1. The molecular formula is C16H17Cl3FN3O2. The molecule has 1 aromatic carbocycles. The van der Waals surface area contributed by atoms with Crippen LogP contribution in [0, 0.1) is 5.82 Å². The third-order valence-electron chi connectivity index (χ3n) is 3.13. The van der Waals surface area contributed by atoms with Gasteiger partial charge in [-0.3, -0.25) is 5.32 Å². The fourth-order valence-electron chi connectivity index (χ4n) is 1.93. The molecule has 1 N–H and O–H groups in total. The lowest BCUT2D eigenvalue weighted by molar-refractivity contribution is 0.163. The molecule has 0 spiro atoms. The predicted octanol–water partition coefficient (Wildman–Crippen LogP) is 5.23. The van der Waals surface area contributed by atoms with E-state index in [4.69, 9.17) is 39.5 Å². The number of alkyl halides is 3. The van der Waals surface area contributed by atoms with Crippen molar-refractivity contribution in [3.63, 3.8) is 0 Å². The van der Waals surface area contributed by atoms with Gasteiger partial charge in [0.1, 0.15) is 18.2 Å². The van der Waals surface area contributed by atoms with Crippen LogP contribution in [-0.2, 0) is 10.2 Å². The summed E-state index contributed by atoms with van der Waals surface area (Å²) in [5.74, 6) is -0.111. The Hall–Kier alpha value is -1.50. The largest absolute Gasteiger partial charge is 0.445 e. The first kappa shape index (κ1) is 19.8. The van der Waals surface area contributed by atoms with Gasteiger partial charge in [0.05, 0.1) is 11.4 Å². The van der Waals surface area contributed by atoms with Gasteiger partial charge in [-0.2, -0.15) is 5.10 Å². The first-order valence-corrected chi connectivity index (χ1v) is 8.46. The van der Waals surface area contributed by atoms with Crippen molar-refractivity contribution in [1.82, 2.24) is 9.78 Å². The Kier molecular flexibility index (Phi) is 5.86. The van der Waals surface area contributed by atoms with Crippen molar-refractivity contribution < 1.29 is 13.9 Å². The van der Waals surface area contributed by atoms with E-state index >= 15 is 0 Å². The smallest absolute Gasteiger partial charge is 0.412 e. The summed E-state index contributed by atoms with van der Waals surface area (Å²) in [7, 11) is 0. The first-order chi connectivity index (χ1) is 11.5. The number of amides is 1. The highest BCUT2D eigenvalue weighted by molar-refractivity contribution is 6.67. The number of hydrogen-bond donors (Lipinski definition) is 1. The Labute approximate surface area is 160 Å². The topological polar surface area (TPSA) is 56.1 Å². The number of aromatic nitrogens is 2. The number of carbonyl (C=O) groups excluding carboxylic acids is 1. The molecule has 0 saturated heterocycles. The Morgan fingerprint density at radius 3 is 2.52 bits per heavy atom. The molecule has 2 rings (SSSR count). The molecule has 5 nitrogen and oxygen atoms in total. The van der Waals surface area contributed by atoms with E-state index in [1.54, 1.807) is 18.2 Å². The van der Waals surface area contributed by atoms with E-state index in [-0.39, 0.29) is 5.41 Å². The Bertz CT molecular complexity index is 767. The number of carbonyl (C=O) groups is 1. The van der Waals surface area contributed by atoms with E-state index in [1.807, 2.05) is 20.8 Å². The molecule has 0 atom stereocenters. The van der Waals surface area contributed by atoms with Crippen LogP contribution in [0.5, 0.6) is 0 Å². The SMILES string of the molecule is CC(C)(C)c1cc(NC(=O)OCC(Cl)(Cl)Cl)n(-c2cccc(F)c2)n1. The maximum atomic E-state index is 13.5. The van der Waals surface area contributed by atoms with Crippen LogP contribution in [0.2, 0.25) is 0 Å². The van der Waals surface area contributed by atoms with Gasteiger partial charge >= 0.3 is 6.09 Å². The molecule has 0 fully saturated rings. The lowest BCUT2D eigenvalue weighted by Gasteiger charge is -2.14. The second-order valence-corrected chi connectivity index (χ2v) is 8.89. The lowest BCUT2D eigenvalue weighted by atomic mass is 9.92.